The number of nitrogens with two attached hydrogens (primary N) is 1. The Morgan fingerprint density at radius 2 is 2.11 bits per heavy atom. The molecule has 2 rings (SSSR count). The van der Waals surface area contributed by atoms with Crippen LogP contribution in [0.4, 0.5) is 0 Å². The van der Waals surface area contributed by atoms with E-state index in [0.29, 0.717) is 6.54 Å². The predicted molar refractivity (Wildman–Crippen MR) is 79.3 cm³/mol. The lowest BCUT2D eigenvalue weighted by Crippen LogP contribution is -2.55. The summed E-state index contributed by atoms with van der Waals surface area (Å²) in [7, 11) is 0. The third-order valence-corrected chi connectivity index (χ3v) is 4.10. The van der Waals surface area contributed by atoms with Crippen molar-refractivity contribution >= 4 is 0 Å². The van der Waals surface area contributed by atoms with Crippen LogP contribution in [-0.2, 0) is 4.74 Å². The summed E-state index contributed by atoms with van der Waals surface area (Å²) in [6, 6.07) is 6.91. The predicted octanol–water partition coefficient (Wildman–Crippen LogP) is 2.41. The summed E-state index contributed by atoms with van der Waals surface area (Å²) in [6.07, 6.45) is 0. The molecule has 1 aliphatic heterocycles. The first-order valence-corrected chi connectivity index (χ1v) is 7.07. The molecule has 1 fully saturated rings. The van der Waals surface area contributed by atoms with Crippen LogP contribution in [0.5, 0.6) is 0 Å². The highest BCUT2D eigenvalue weighted by Gasteiger charge is 2.36. The molecule has 0 aliphatic carbocycles. The Balaban J connectivity index is 2.35. The first kappa shape index (κ1) is 14.5. The molecule has 3 nitrogen and oxygen atoms in total. The van der Waals surface area contributed by atoms with E-state index in [2.05, 4.69) is 50.8 Å². The summed E-state index contributed by atoms with van der Waals surface area (Å²) >= 11 is 0. The minimum absolute atomic E-state index is 0.0402. The summed E-state index contributed by atoms with van der Waals surface area (Å²) < 4.78 is 5.62. The number of morpholine rings is 1. The second kappa shape index (κ2) is 5.61. The fraction of sp³-hybridized carbons (Fsp3) is 0.625. The lowest BCUT2D eigenvalue weighted by atomic mass is 9.92. The zero-order chi connectivity index (χ0) is 14.0. The molecule has 0 saturated carbocycles. The summed E-state index contributed by atoms with van der Waals surface area (Å²) in [5, 5.41) is 0. The molecular weight excluding hydrogens is 236 g/mol. The van der Waals surface area contributed by atoms with Gasteiger partial charge in [0.25, 0.3) is 0 Å². The van der Waals surface area contributed by atoms with Gasteiger partial charge in [-0.3, -0.25) is 4.90 Å². The lowest BCUT2D eigenvalue weighted by Gasteiger charge is -2.46. The normalized spacial score (nSPS) is 21.3. The molecule has 1 unspecified atom stereocenters. The minimum Gasteiger partial charge on any atom is -0.378 e. The van der Waals surface area contributed by atoms with Gasteiger partial charge in [-0.1, -0.05) is 23.8 Å². The topological polar surface area (TPSA) is 38.5 Å². The smallest absolute Gasteiger partial charge is 0.0645 e. The maximum atomic E-state index is 6.09. The molecule has 106 valence electrons. The number of nitrogens with zero attached hydrogens (tertiary/aromatic N) is 1. The van der Waals surface area contributed by atoms with E-state index in [-0.39, 0.29) is 11.6 Å². The Hall–Kier alpha value is -0.900. The standard InChI is InChI=1S/C16H26N2O/c1-12-5-6-13(2)14(9-12)15(10-17)18-7-8-19-11-16(18,3)4/h5-6,9,15H,7-8,10-11,17H2,1-4H3. The third kappa shape index (κ3) is 2.99. The third-order valence-electron chi connectivity index (χ3n) is 4.10. The van der Waals surface area contributed by atoms with Gasteiger partial charge in [-0.05, 0) is 38.8 Å². The van der Waals surface area contributed by atoms with E-state index in [1.165, 1.54) is 16.7 Å². The molecule has 1 aliphatic rings. The van der Waals surface area contributed by atoms with E-state index in [1.807, 2.05) is 0 Å². The average Bonchev–Trinajstić information content (AvgIpc) is 2.36. The Morgan fingerprint density at radius 3 is 2.74 bits per heavy atom. The van der Waals surface area contributed by atoms with Gasteiger partial charge in [-0.25, -0.2) is 0 Å². The molecule has 0 spiro atoms. The van der Waals surface area contributed by atoms with Crippen molar-refractivity contribution in [3.8, 4) is 0 Å². The summed E-state index contributed by atoms with van der Waals surface area (Å²) in [5.41, 5.74) is 10.1. The number of ether oxygens (including phenoxy) is 1. The van der Waals surface area contributed by atoms with Crippen molar-refractivity contribution in [2.45, 2.75) is 39.3 Å². The van der Waals surface area contributed by atoms with Gasteiger partial charge in [0, 0.05) is 24.7 Å². The number of benzene rings is 1. The van der Waals surface area contributed by atoms with Crippen LogP contribution in [0, 0.1) is 13.8 Å². The van der Waals surface area contributed by atoms with Crippen LogP contribution >= 0.6 is 0 Å². The highest BCUT2D eigenvalue weighted by molar-refractivity contribution is 5.33. The van der Waals surface area contributed by atoms with Gasteiger partial charge in [0.05, 0.1) is 13.2 Å². The number of hydrogen-bond acceptors (Lipinski definition) is 3. The molecule has 0 amide bonds. The first-order valence-electron chi connectivity index (χ1n) is 7.07. The quantitative estimate of drug-likeness (QED) is 0.909. The van der Waals surface area contributed by atoms with E-state index in [9.17, 15) is 0 Å². The second-order valence-corrected chi connectivity index (χ2v) is 6.17. The van der Waals surface area contributed by atoms with E-state index in [4.69, 9.17) is 10.5 Å². The van der Waals surface area contributed by atoms with Gasteiger partial charge < -0.3 is 10.5 Å². The molecule has 1 saturated heterocycles. The Kier molecular flexibility index (Phi) is 4.29. The van der Waals surface area contributed by atoms with Crippen LogP contribution in [-0.4, -0.2) is 36.7 Å². The molecule has 1 aromatic rings. The van der Waals surface area contributed by atoms with Crippen molar-refractivity contribution in [3.63, 3.8) is 0 Å². The van der Waals surface area contributed by atoms with Gasteiger partial charge in [-0.2, -0.15) is 0 Å². The Labute approximate surface area is 116 Å². The lowest BCUT2D eigenvalue weighted by molar-refractivity contribution is -0.0713. The monoisotopic (exact) mass is 262 g/mol. The highest BCUT2D eigenvalue weighted by atomic mass is 16.5. The van der Waals surface area contributed by atoms with Gasteiger partial charge in [0.2, 0.25) is 0 Å². The zero-order valence-corrected chi connectivity index (χ0v) is 12.6. The highest BCUT2D eigenvalue weighted by Crippen LogP contribution is 2.32. The van der Waals surface area contributed by atoms with Gasteiger partial charge >= 0.3 is 0 Å². The van der Waals surface area contributed by atoms with E-state index in [0.717, 1.165) is 19.8 Å². The molecule has 1 heterocycles. The van der Waals surface area contributed by atoms with Crippen LogP contribution in [0.1, 0.15) is 36.6 Å². The summed E-state index contributed by atoms with van der Waals surface area (Å²) in [4.78, 5) is 2.50. The zero-order valence-electron chi connectivity index (χ0n) is 12.6. The number of aryl methyl sites for hydroxylation is 2. The Bertz CT molecular complexity index is 442. The van der Waals surface area contributed by atoms with Crippen molar-refractivity contribution in [3.05, 3.63) is 34.9 Å². The van der Waals surface area contributed by atoms with E-state index < -0.39 is 0 Å². The molecule has 19 heavy (non-hydrogen) atoms. The summed E-state index contributed by atoms with van der Waals surface area (Å²) in [5.74, 6) is 0. The van der Waals surface area contributed by atoms with Crippen molar-refractivity contribution in [2.24, 2.45) is 5.73 Å². The molecule has 0 radical (unpaired) electrons. The number of rotatable bonds is 3. The molecule has 0 bridgehead atoms. The van der Waals surface area contributed by atoms with Gasteiger partial charge in [0.15, 0.2) is 0 Å². The fourth-order valence-electron chi connectivity index (χ4n) is 2.99. The van der Waals surface area contributed by atoms with E-state index >= 15 is 0 Å². The van der Waals surface area contributed by atoms with E-state index in [1.54, 1.807) is 0 Å². The Morgan fingerprint density at radius 1 is 1.37 bits per heavy atom. The van der Waals surface area contributed by atoms with Crippen LogP contribution in [0.25, 0.3) is 0 Å². The maximum absolute atomic E-state index is 6.09. The number of hydrogen-bond donors (Lipinski definition) is 1. The van der Waals surface area contributed by atoms with Gasteiger partial charge in [0.1, 0.15) is 0 Å². The molecular formula is C16H26N2O. The molecule has 1 atom stereocenters. The largest absolute Gasteiger partial charge is 0.378 e. The van der Waals surface area contributed by atoms with Gasteiger partial charge in [-0.15, -0.1) is 0 Å². The molecule has 0 aromatic heterocycles. The van der Waals surface area contributed by atoms with Crippen molar-refractivity contribution in [1.82, 2.24) is 4.90 Å². The van der Waals surface area contributed by atoms with Crippen LogP contribution in [0.3, 0.4) is 0 Å². The van der Waals surface area contributed by atoms with Crippen LogP contribution in [0.2, 0.25) is 0 Å². The maximum Gasteiger partial charge on any atom is 0.0645 e. The van der Waals surface area contributed by atoms with Crippen LogP contribution in [0.15, 0.2) is 18.2 Å². The second-order valence-electron chi connectivity index (χ2n) is 6.17. The summed E-state index contributed by atoms with van der Waals surface area (Å²) in [6.45, 7) is 11.9. The molecule has 1 aromatic carbocycles. The van der Waals surface area contributed by atoms with Crippen LogP contribution < -0.4 is 5.73 Å². The van der Waals surface area contributed by atoms with Crippen molar-refractivity contribution in [1.29, 1.82) is 0 Å². The minimum atomic E-state index is 0.0402. The molecule has 2 N–H and O–H groups in total. The average molecular weight is 262 g/mol. The first-order chi connectivity index (χ1) is 8.95. The SMILES string of the molecule is Cc1ccc(C)c(C(CN)N2CCOCC2(C)C)c1. The molecule has 3 heteroatoms. The van der Waals surface area contributed by atoms with Crippen molar-refractivity contribution < 1.29 is 4.74 Å². The fourth-order valence-corrected chi connectivity index (χ4v) is 2.99. The van der Waals surface area contributed by atoms with Crippen molar-refractivity contribution in [2.75, 3.05) is 26.3 Å².